The van der Waals surface area contributed by atoms with Gasteiger partial charge in [0.2, 0.25) is 5.95 Å². The maximum absolute atomic E-state index is 11.5. The third-order valence-electron chi connectivity index (χ3n) is 8.65. The lowest BCUT2D eigenvalue weighted by Crippen LogP contribution is -2.21. The number of nitrogens with zero attached hydrogens (tertiary/aromatic N) is 4. The minimum Gasteiger partial charge on any atom is -0.507 e. The molecule has 0 aliphatic heterocycles. The summed E-state index contributed by atoms with van der Waals surface area (Å²) >= 11 is 3.87. The fourth-order valence-electron chi connectivity index (χ4n) is 5.83. The Labute approximate surface area is 301 Å². The lowest BCUT2D eigenvalue weighted by molar-refractivity contribution is 0.423. The maximum Gasteiger partial charge on any atom is 0.238 e. The molecule has 2 aromatic carbocycles. The topological polar surface area (TPSA) is 62.1 Å². The first-order valence-corrected chi connectivity index (χ1v) is 20.9. The number of hydrogen-bond acceptors (Lipinski definition) is 7. The van der Waals surface area contributed by atoms with Crippen LogP contribution in [0.2, 0.25) is 0 Å². The Kier molecular flexibility index (Phi) is 17.1. The van der Waals surface area contributed by atoms with Crippen LogP contribution in [-0.2, 0) is 22.3 Å². The summed E-state index contributed by atoms with van der Waals surface area (Å²) in [5.74, 6) is 6.51. The SMILES string of the molecule is CCCCCCCCSCc1nc(CSCCCCCCCC)nc(N(c2ccccc2)c2cc(C(C)(C)C)c(O)c(C(C)(C)C)c2)n1. The van der Waals surface area contributed by atoms with Crippen molar-refractivity contribution in [2.24, 2.45) is 0 Å². The van der Waals surface area contributed by atoms with E-state index in [1.807, 2.05) is 29.6 Å². The highest BCUT2D eigenvalue weighted by molar-refractivity contribution is 7.98. The molecular formula is C41H64N4OS2. The van der Waals surface area contributed by atoms with E-state index in [0.29, 0.717) is 11.7 Å². The molecule has 3 rings (SSSR count). The molecule has 0 amide bonds. The van der Waals surface area contributed by atoms with E-state index in [2.05, 4.69) is 96.7 Å². The zero-order valence-electron chi connectivity index (χ0n) is 31.4. The van der Waals surface area contributed by atoms with Gasteiger partial charge in [0, 0.05) is 22.5 Å². The van der Waals surface area contributed by atoms with Crippen LogP contribution < -0.4 is 4.90 Å². The van der Waals surface area contributed by atoms with Crippen LogP contribution in [0, 0.1) is 0 Å². The smallest absolute Gasteiger partial charge is 0.238 e. The van der Waals surface area contributed by atoms with Crippen LogP contribution >= 0.6 is 23.5 Å². The Morgan fingerprint density at radius 1 is 0.583 bits per heavy atom. The fourth-order valence-corrected chi connectivity index (χ4v) is 7.56. The van der Waals surface area contributed by atoms with Gasteiger partial charge in [0.15, 0.2) is 0 Å². The molecule has 0 spiro atoms. The van der Waals surface area contributed by atoms with Crippen LogP contribution in [0.3, 0.4) is 0 Å². The minimum absolute atomic E-state index is 0.252. The summed E-state index contributed by atoms with van der Waals surface area (Å²) in [7, 11) is 0. The number of unbranched alkanes of at least 4 members (excludes halogenated alkanes) is 10. The molecule has 0 unspecified atom stereocenters. The monoisotopic (exact) mass is 692 g/mol. The first-order valence-electron chi connectivity index (χ1n) is 18.6. The summed E-state index contributed by atoms with van der Waals surface area (Å²) in [6.45, 7) is 17.5. The van der Waals surface area contributed by atoms with Crippen LogP contribution in [0.15, 0.2) is 42.5 Å². The fraction of sp³-hybridized carbons (Fsp3) is 0.634. The first kappa shape index (κ1) is 40.2. The van der Waals surface area contributed by atoms with E-state index in [1.165, 1.54) is 77.0 Å². The van der Waals surface area contributed by atoms with Crippen molar-refractivity contribution in [3.05, 3.63) is 65.2 Å². The summed E-state index contributed by atoms with van der Waals surface area (Å²) in [5, 5.41) is 11.5. The lowest BCUT2D eigenvalue weighted by atomic mass is 9.79. The van der Waals surface area contributed by atoms with Gasteiger partial charge < -0.3 is 5.11 Å². The molecule has 1 heterocycles. The predicted molar refractivity (Wildman–Crippen MR) is 213 cm³/mol. The first-order chi connectivity index (χ1) is 23.0. The summed E-state index contributed by atoms with van der Waals surface area (Å²) in [6, 6.07) is 14.7. The largest absolute Gasteiger partial charge is 0.507 e. The average molecular weight is 693 g/mol. The molecule has 0 radical (unpaired) electrons. The van der Waals surface area contributed by atoms with Gasteiger partial charge in [-0.15, -0.1) is 0 Å². The predicted octanol–water partition coefficient (Wildman–Crippen LogP) is 12.8. The van der Waals surface area contributed by atoms with Crippen molar-refractivity contribution in [1.29, 1.82) is 0 Å². The lowest BCUT2D eigenvalue weighted by Gasteiger charge is -2.31. The molecule has 3 aromatic rings. The Bertz CT molecular complexity index is 1280. The molecule has 0 atom stereocenters. The van der Waals surface area contributed by atoms with E-state index in [-0.39, 0.29) is 10.8 Å². The van der Waals surface area contributed by atoms with E-state index in [0.717, 1.165) is 57.2 Å². The molecule has 1 aromatic heterocycles. The molecule has 48 heavy (non-hydrogen) atoms. The third kappa shape index (κ3) is 13.2. The second-order valence-electron chi connectivity index (χ2n) is 15.2. The highest BCUT2D eigenvalue weighted by atomic mass is 32.2. The van der Waals surface area contributed by atoms with Crippen molar-refractivity contribution in [1.82, 2.24) is 15.0 Å². The normalized spacial score (nSPS) is 12.1. The number of phenolic OH excluding ortho intramolecular Hbond substituents is 1. The Morgan fingerprint density at radius 2 is 1.02 bits per heavy atom. The number of aromatic nitrogens is 3. The van der Waals surface area contributed by atoms with Crippen LogP contribution in [0.5, 0.6) is 5.75 Å². The second-order valence-corrected chi connectivity index (χ2v) is 17.4. The van der Waals surface area contributed by atoms with Gasteiger partial charge in [0.05, 0.1) is 11.5 Å². The Morgan fingerprint density at radius 3 is 1.46 bits per heavy atom. The van der Waals surface area contributed by atoms with E-state index in [9.17, 15) is 5.11 Å². The van der Waals surface area contributed by atoms with Crippen LogP contribution in [0.4, 0.5) is 17.3 Å². The number of benzene rings is 2. The number of phenols is 1. The van der Waals surface area contributed by atoms with Crippen LogP contribution in [-0.4, -0.2) is 31.6 Å². The summed E-state index contributed by atoms with van der Waals surface area (Å²) in [6.07, 6.45) is 15.7. The minimum atomic E-state index is -0.252. The second kappa shape index (κ2) is 20.4. The molecule has 0 aliphatic rings. The van der Waals surface area contributed by atoms with Gasteiger partial charge in [-0.1, -0.05) is 138 Å². The number of thioether (sulfide) groups is 2. The maximum atomic E-state index is 11.5. The average Bonchev–Trinajstić information content (AvgIpc) is 3.04. The molecular weight excluding hydrogens is 629 g/mol. The van der Waals surface area contributed by atoms with Crippen molar-refractivity contribution in [3.8, 4) is 5.75 Å². The van der Waals surface area contributed by atoms with Crippen LogP contribution in [0.1, 0.15) is 155 Å². The Balaban J connectivity index is 1.98. The van der Waals surface area contributed by atoms with Crippen molar-refractivity contribution < 1.29 is 5.11 Å². The van der Waals surface area contributed by atoms with Gasteiger partial charge in [-0.3, -0.25) is 4.90 Å². The van der Waals surface area contributed by atoms with Crippen molar-refractivity contribution in [3.63, 3.8) is 0 Å². The number of aromatic hydroxyl groups is 1. The van der Waals surface area contributed by atoms with Gasteiger partial charge in [-0.2, -0.15) is 33.5 Å². The summed E-state index contributed by atoms with van der Waals surface area (Å²) in [5.41, 5.74) is 3.28. The van der Waals surface area contributed by atoms with Gasteiger partial charge in [0.25, 0.3) is 0 Å². The molecule has 0 fully saturated rings. The number of rotatable bonds is 21. The summed E-state index contributed by atoms with van der Waals surface area (Å²) < 4.78 is 0. The van der Waals surface area contributed by atoms with Crippen molar-refractivity contribution in [2.45, 2.75) is 155 Å². The van der Waals surface area contributed by atoms with Gasteiger partial charge >= 0.3 is 0 Å². The van der Waals surface area contributed by atoms with Gasteiger partial charge in [0.1, 0.15) is 17.4 Å². The molecule has 7 heteroatoms. The van der Waals surface area contributed by atoms with Crippen LogP contribution in [0.25, 0.3) is 0 Å². The zero-order valence-corrected chi connectivity index (χ0v) is 33.0. The van der Waals surface area contributed by atoms with Gasteiger partial charge in [-0.25, -0.2) is 4.98 Å². The van der Waals surface area contributed by atoms with Gasteiger partial charge in [-0.05, 0) is 59.4 Å². The molecule has 5 nitrogen and oxygen atoms in total. The van der Waals surface area contributed by atoms with E-state index < -0.39 is 0 Å². The standard InChI is InChI=1S/C41H64N4OS2/c1-9-11-13-15-17-22-26-47-30-36-42-37(31-48-27-23-18-16-14-12-10-2)44-39(43-36)45(32-24-20-19-21-25-32)33-28-34(40(3,4)5)38(46)35(29-33)41(6,7)8/h19-21,24-25,28-29,46H,9-18,22-23,26-27,30-31H2,1-8H3. The van der Waals surface area contributed by atoms with Crippen molar-refractivity contribution in [2.75, 3.05) is 16.4 Å². The molecule has 0 bridgehead atoms. The molecule has 0 saturated carbocycles. The number of para-hydroxylation sites is 1. The molecule has 266 valence electrons. The van der Waals surface area contributed by atoms with E-state index in [1.54, 1.807) is 0 Å². The summed E-state index contributed by atoms with van der Waals surface area (Å²) in [4.78, 5) is 17.5. The molecule has 1 N–H and O–H groups in total. The quantitative estimate of drug-likeness (QED) is 0.111. The number of anilines is 3. The highest BCUT2D eigenvalue weighted by Gasteiger charge is 2.29. The molecule has 0 saturated heterocycles. The zero-order chi connectivity index (χ0) is 35.0. The van der Waals surface area contributed by atoms with Crippen molar-refractivity contribution >= 4 is 40.8 Å². The number of hydrogen-bond donors (Lipinski definition) is 1. The third-order valence-corrected chi connectivity index (χ3v) is 10.7. The van der Waals surface area contributed by atoms with E-state index >= 15 is 0 Å². The highest BCUT2D eigenvalue weighted by Crippen LogP contribution is 2.44. The van der Waals surface area contributed by atoms with E-state index in [4.69, 9.17) is 15.0 Å². The molecule has 0 aliphatic carbocycles. The Hall–Kier alpha value is -2.25.